The van der Waals surface area contributed by atoms with Gasteiger partial charge in [0.2, 0.25) is 11.8 Å². The minimum Gasteiger partial charge on any atom is -0.342 e. The zero-order chi connectivity index (χ0) is 17.4. The molecule has 130 valence electrons. The highest BCUT2D eigenvalue weighted by atomic mass is 35.5. The number of likely N-dealkylation sites (N-methyl/N-ethyl adjacent to an activating group) is 1. The maximum Gasteiger partial charge on any atom is 0.246 e. The summed E-state index contributed by atoms with van der Waals surface area (Å²) in [6, 6.07) is 7.55. The van der Waals surface area contributed by atoms with Crippen molar-refractivity contribution in [2.45, 2.75) is 38.3 Å². The number of carbonyl (C=O) groups excluding carboxylic acids is 2. The van der Waals surface area contributed by atoms with E-state index in [1.807, 2.05) is 45.2 Å². The molecule has 0 aromatic heterocycles. The fourth-order valence-electron chi connectivity index (χ4n) is 3.14. The van der Waals surface area contributed by atoms with Crippen molar-refractivity contribution in [3.05, 3.63) is 34.9 Å². The topological polar surface area (TPSA) is 40.6 Å². The van der Waals surface area contributed by atoms with E-state index in [4.69, 9.17) is 11.6 Å². The Bertz CT molecular complexity index is 652. The van der Waals surface area contributed by atoms with Crippen LogP contribution in [0.2, 0.25) is 5.02 Å². The standard InChI is InChI=1S/C18H23ClN2O2S/c1-11(2)20(3)18(23)16-9-24-10-21(16)17(22)15-8-14(15)12-5-4-6-13(19)7-12/h4-7,11,14-16H,8-10H2,1-3H3/t14-,15-,16-/m0/s1. The third kappa shape index (κ3) is 3.42. The number of hydrogen-bond donors (Lipinski definition) is 0. The zero-order valence-corrected chi connectivity index (χ0v) is 15.8. The number of amides is 2. The molecule has 0 N–H and O–H groups in total. The van der Waals surface area contributed by atoms with Gasteiger partial charge >= 0.3 is 0 Å². The van der Waals surface area contributed by atoms with E-state index in [2.05, 4.69) is 0 Å². The molecule has 4 nitrogen and oxygen atoms in total. The first-order valence-corrected chi connectivity index (χ1v) is 9.83. The van der Waals surface area contributed by atoms with Gasteiger partial charge in [0.25, 0.3) is 0 Å². The van der Waals surface area contributed by atoms with Crippen molar-refractivity contribution in [1.82, 2.24) is 9.80 Å². The Morgan fingerprint density at radius 2 is 2.12 bits per heavy atom. The Kier molecular flexibility index (Phi) is 5.11. The number of thioether (sulfide) groups is 1. The first-order chi connectivity index (χ1) is 11.4. The number of benzene rings is 1. The second kappa shape index (κ2) is 6.96. The Balaban J connectivity index is 1.68. The van der Waals surface area contributed by atoms with Crippen molar-refractivity contribution >= 4 is 35.2 Å². The summed E-state index contributed by atoms with van der Waals surface area (Å²) in [5, 5.41) is 0.703. The molecule has 1 heterocycles. The molecule has 0 spiro atoms. The zero-order valence-electron chi connectivity index (χ0n) is 14.2. The molecule has 6 heteroatoms. The van der Waals surface area contributed by atoms with Gasteiger partial charge in [0.1, 0.15) is 6.04 Å². The minimum absolute atomic E-state index is 0.0122. The van der Waals surface area contributed by atoms with Gasteiger partial charge in [-0.1, -0.05) is 23.7 Å². The summed E-state index contributed by atoms with van der Waals surface area (Å²) in [6.07, 6.45) is 0.848. The van der Waals surface area contributed by atoms with E-state index in [0.717, 1.165) is 12.0 Å². The summed E-state index contributed by atoms with van der Waals surface area (Å²) in [4.78, 5) is 29.0. The van der Waals surface area contributed by atoms with Crippen LogP contribution in [0.3, 0.4) is 0 Å². The number of halogens is 1. The molecule has 24 heavy (non-hydrogen) atoms. The molecule has 1 aliphatic heterocycles. The fourth-order valence-corrected chi connectivity index (χ4v) is 4.49. The third-order valence-electron chi connectivity index (χ3n) is 4.96. The molecule has 0 radical (unpaired) electrons. The van der Waals surface area contributed by atoms with Crippen LogP contribution in [0.5, 0.6) is 0 Å². The van der Waals surface area contributed by atoms with Crippen molar-refractivity contribution < 1.29 is 9.59 Å². The van der Waals surface area contributed by atoms with Crippen molar-refractivity contribution in [3.63, 3.8) is 0 Å². The van der Waals surface area contributed by atoms with Gasteiger partial charge in [0, 0.05) is 29.8 Å². The first-order valence-electron chi connectivity index (χ1n) is 8.30. The van der Waals surface area contributed by atoms with Crippen LogP contribution in [0.15, 0.2) is 24.3 Å². The van der Waals surface area contributed by atoms with Crippen LogP contribution in [0.25, 0.3) is 0 Å². The normalized spacial score (nSPS) is 25.9. The summed E-state index contributed by atoms with van der Waals surface area (Å²) in [7, 11) is 1.81. The summed E-state index contributed by atoms with van der Waals surface area (Å²) < 4.78 is 0. The van der Waals surface area contributed by atoms with Gasteiger partial charge in [-0.3, -0.25) is 9.59 Å². The summed E-state index contributed by atoms with van der Waals surface area (Å²) in [6.45, 7) is 3.98. The Morgan fingerprint density at radius 1 is 1.38 bits per heavy atom. The number of rotatable bonds is 4. The predicted molar refractivity (Wildman–Crippen MR) is 98.2 cm³/mol. The number of carbonyl (C=O) groups is 2. The Morgan fingerprint density at radius 3 is 2.79 bits per heavy atom. The smallest absolute Gasteiger partial charge is 0.246 e. The van der Waals surface area contributed by atoms with Gasteiger partial charge in [-0.15, -0.1) is 11.8 Å². The van der Waals surface area contributed by atoms with E-state index >= 15 is 0 Å². The Labute approximate surface area is 152 Å². The van der Waals surface area contributed by atoms with Crippen molar-refractivity contribution in [2.75, 3.05) is 18.7 Å². The maximum absolute atomic E-state index is 12.9. The van der Waals surface area contributed by atoms with Gasteiger partial charge in [0.05, 0.1) is 5.88 Å². The molecule has 1 aromatic rings. The van der Waals surface area contributed by atoms with Crippen molar-refractivity contribution in [2.24, 2.45) is 5.92 Å². The summed E-state index contributed by atoms with van der Waals surface area (Å²) in [5.41, 5.74) is 1.12. The van der Waals surface area contributed by atoms with Crippen molar-refractivity contribution in [1.29, 1.82) is 0 Å². The highest BCUT2D eigenvalue weighted by Gasteiger charge is 2.49. The van der Waals surface area contributed by atoms with Gasteiger partial charge < -0.3 is 9.80 Å². The van der Waals surface area contributed by atoms with Crippen LogP contribution in [-0.4, -0.2) is 52.4 Å². The van der Waals surface area contributed by atoms with E-state index in [1.165, 1.54) is 0 Å². The molecule has 0 bridgehead atoms. The Hall–Kier alpha value is -1.20. The molecule has 2 fully saturated rings. The molecule has 2 aliphatic rings. The van der Waals surface area contributed by atoms with Crippen LogP contribution < -0.4 is 0 Å². The maximum atomic E-state index is 12.9. The second-order valence-electron chi connectivity index (χ2n) is 6.87. The molecule has 0 unspecified atom stereocenters. The lowest BCUT2D eigenvalue weighted by atomic mass is 10.1. The quantitative estimate of drug-likeness (QED) is 0.821. The highest BCUT2D eigenvalue weighted by Crippen LogP contribution is 2.49. The lowest BCUT2D eigenvalue weighted by molar-refractivity contribution is -0.144. The fraction of sp³-hybridized carbons (Fsp3) is 0.556. The number of hydrogen-bond acceptors (Lipinski definition) is 3. The van der Waals surface area contributed by atoms with Gasteiger partial charge in [-0.05, 0) is 43.9 Å². The monoisotopic (exact) mass is 366 g/mol. The number of nitrogens with zero attached hydrogens (tertiary/aromatic N) is 2. The van der Waals surface area contributed by atoms with Crippen LogP contribution in [-0.2, 0) is 9.59 Å². The first kappa shape index (κ1) is 17.6. The lowest BCUT2D eigenvalue weighted by Crippen LogP contribution is -2.50. The van der Waals surface area contributed by atoms with Gasteiger partial charge in [-0.2, -0.15) is 0 Å². The van der Waals surface area contributed by atoms with Gasteiger partial charge in [0.15, 0.2) is 0 Å². The van der Waals surface area contributed by atoms with Crippen LogP contribution in [0.4, 0.5) is 0 Å². The molecule has 1 aromatic carbocycles. The third-order valence-corrected chi connectivity index (χ3v) is 6.20. The molecular formula is C18H23ClN2O2S. The van der Waals surface area contributed by atoms with Crippen LogP contribution >= 0.6 is 23.4 Å². The van der Waals surface area contributed by atoms with E-state index < -0.39 is 0 Å². The average molecular weight is 367 g/mol. The molecule has 3 rings (SSSR count). The SMILES string of the molecule is CC(C)N(C)C(=O)[C@@H]1CSCN1C(=O)[C@H]1C[C@H]1c1cccc(Cl)c1. The van der Waals surface area contributed by atoms with E-state index in [0.29, 0.717) is 16.7 Å². The molecular weight excluding hydrogens is 344 g/mol. The molecule has 1 aliphatic carbocycles. The largest absolute Gasteiger partial charge is 0.342 e. The van der Waals surface area contributed by atoms with Crippen molar-refractivity contribution in [3.8, 4) is 0 Å². The molecule has 1 saturated carbocycles. The van der Waals surface area contributed by atoms with Gasteiger partial charge in [-0.25, -0.2) is 0 Å². The summed E-state index contributed by atoms with van der Waals surface area (Å²) in [5.74, 6) is 1.68. The minimum atomic E-state index is -0.324. The molecule has 3 atom stereocenters. The summed E-state index contributed by atoms with van der Waals surface area (Å²) >= 11 is 7.71. The van der Waals surface area contributed by atoms with Crippen LogP contribution in [0.1, 0.15) is 31.7 Å². The highest BCUT2D eigenvalue weighted by molar-refractivity contribution is 7.99. The predicted octanol–water partition coefficient (Wildman–Crippen LogP) is 3.21. The molecule has 2 amide bonds. The van der Waals surface area contributed by atoms with E-state index in [1.54, 1.807) is 21.6 Å². The van der Waals surface area contributed by atoms with Crippen LogP contribution in [0, 0.1) is 5.92 Å². The average Bonchev–Trinajstić information content (AvgIpc) is 3.21. The van der Waals surface area contributed by atoms with E-state index in [-0.39, 0.29) is 35.7 Å². The lowest BCUT2D eigenvalue weighted by Gasteiger charge is -2.29. The molecule has 1 saturated heterocycles. The van der Waals surface area contributed by atoms with E-state index in [9.17, 15) is 9.59 Å². The second-order valence-corrected chi connectivity index (χ2v) is 8.31.